The summed E-state index contributed by atoms with van der Waals surface area (Å²) in [6.07, 6.45) is 7.14. The van der Waals surface area contributed by atoms with E-state index in [1.807, 2.05) is 6.92 Å². The molecule has 0 aromatic heterocycles. The van der Waals surface area contributed by atoms with Crippen molar-refractivity contribution in [1.82, 2.24) is 0 Å². The van der Waals surface area contributed by atoms with Crippen LogP contribution in [0, 0.1) is 17.2 Å². The fourth-order valence-corrected chi connectivity index (χ4v) is 1.95. The molecule has 0 spiro atoms. The molecule has 0 fully saturated rings. The molecule has 21 heavy (non-hydrogen) atoms. The highest BCUT2D eigenvalue weighted by atomic mass is 16.5. The molecule has 0 saturated carbocycles. The summed E-state index contributed by atoms with van der Waals surface area (Å²) < 4.78 is 10.4. The number of carbonyl (C=O) groups is 1. The van der Waals surface area contributed by atoms with Crippen LogP contribution in [0.1, 0.15) is 72.6 Å². The van der Waals surface area contributed by atoms with Crippen LogP contribution in [0.15, 0.2) is 0 Å². The van der Waals surface area contributed by atoms with Gasteiger partial charge in [-0.1, -0.05) is 27.2 Å². The number of nitrogens with one attached hydrogen (secondary N) is 1. The topological polar surface area (TPSA) is 59.4 Å². The second kappa shape index (κ2) is 12.7. The maximum Gasteiger partial charge on any atom is 0.308 e. The number of hydrogen-bond donors (Lipinski definition) is 1. The Hall–Kier alpha value is -1.06. The highest BCUT2D eigenvalue weighted by Gasteiger charge is 2.15. The van der Waals surface area contributed by atoms with Gasteiger partial charge in [-0.25, -0.2) is 0 Å². The van der Waals surface area contributed by atoms with Gasteiger partial charge in [0, 0.05) is 6.92 Å². The lowest BCUT2D eigenvalue weighted by Gasteiger charge is -2.13. The quantitative estimate of drug-likeness (QED) is 0.248. The van der Waals surface area contributed by atoms with Crippen molar-refractivity contribution < 1.29 is 14.3 Å². The minimum Gasteiger partial charge on any atom is -0.481 e. The van der Waals surface area contributed by atoms with E-state index in [1.54, 1.807) is 6.92 Å². The van der Waals surface area contributed by atoms with Crippen LogP contribution in [0.4, 0.5) is 0 Å². The number of unbranched alkanes of at least 4 members (excludes halogenated alkanes) is 3. The normalized spacial score (nSPS) is 13.5. The van der Waals surface area contributed by atoms with Gasteiger partial charge in [0.1, 0.15) is 0 Å². The Morgan fingerprint density at radius 2 is 1.57 bits per heavy atom. The molecule has 1 N–H and O–H groups in total. The van der Waals surface area contributed by atoms with Gasteiger partial charge < -0.3 is 9.47 Å². The first-order valence-electron chi connectivity index (χ1n) is 8.31. The number of esters is 1. The highest BCUT2D eigenvalue weighted by molar-refractivity contribution is 5.71. The van der Waals surface area contributed by atoms with Crippen molar-refractivity contribution in [1.29, 1.82) is 5.41 Å². The summed E-state index contributed by atoms with van der Waals surface area (Å²) in [7, 11) is 0. The summed E-state index contributed by atoms with van der Waals surface area (Å²) in [6, 6.07) is 0. The monoisotopic (exact) mass is 299 g/mol. The molecule has 0 radical (unpaired) electrons. The maximum atomic E-state index is 11.8. The Balaban J connectivity index is 3.46. The predicted molar refractivity (Wildman–Crippen MR) is 86.6 cm³/mol. The van der Waals surface area contributed by atoms with E-state index in [2.05, 4.69) is 13.8 Å². The first-order chi connectivity index (χ1) is 9.97. The van der Waals surface area contributed by atoms with Crippen LogP contribution in [0.25, 0.3) is 0 Å². The summed E-state index contributed by atoms with van der Waals surface area (Å²) in [5, 5.41) is 7.12. The highest BCUT2D eigenvalue weighted by Crippen LogP contribution is 2.16. The minimum absolute atomic E-state index is 0.0166. The molecule has 0 rings (SSSR count). The molecule has 0 saturated heterocycles. The molecule has 0 aromatic carbocycles. The first kappa shape index (κ1) is 19.9. The Kier molecular flexibility index (Phi) is 12.0. The van der Waals surface area contributed by atoms with E-state index in [0.717, 1.165) is 38.5 Å². The zero-order valence-corrected chi connectivity index (χ0v) is 14.2. The summed E-state index contributed by atoms with van der Waals surface area (Å²) in [5.74, 6) is 0.923. The number of rotatable bonds is 12. The summed E-state index contributed by atoms with van der Waals surface area (Å²) >= 11 is 0. The molecular formula is C17H33NO3. The summed E-state index contributed by atoms with van der Waals surface area (Å²) in [5.41, 5.74) is 0. The van der Waals surface area contributed by atoms with Gasteiger partial charge in [0.05, 0.1) is 19.1 Å². The zero-order chi connectivity index (χ0) is 16.1. The lowest BCUT2D eigenvalue weighted by Crippen LogP contribution is -2.16. The second-order valence-corrected chi connectivity index (χ2v) is 5.98. The van der Waals surface area contributed by atoms with Gasteiger partial charge in [0.25, 0.3) is 0 Å². The molecule has 0 amide bonds. The Morgan fingerprint density at radius 3 is 2.10 bits per heavy atom. The molecular weight excluding hydrogens is 266 g/mol. The third-order valence-corrected chi connectivity index (χ3v) is 3.79. The Bertz CT molecular complexity index is 292. The van der Waals surface area contributed by atoms with E-state index in [9.17, 15) is 4.79 Å². The van der Waals surface area contributed by atoms with Crippen molar-refractivity contribution in [3.8, 4) is 0 Å². The second-order valence-electron chi connectivity index (χ2n) is 5.98. The molecule has 4 nitrogen and oxygen atoms in total. The molecule has 124 valence electrons. The van der Waals surface area contributed by atoms with Crippen LogP contribution in [-0.4, -0.2) is 25.1 Å². The number of carbonyl (C=O) groups excluding carboxylic acids is 1. The van der Waals surface area contributed by atoms with Crippen molar-refractivity contribution >= 4 is 11.9 Å². The van der Waals surface area contributed by atoms with Gasteiger partial charge in [-0.05, 0) is 44.4 Å². The summed E-state index contributed by atoms with van der Waals surface area (Å²) in [6.45, 7) is 9.15. The summed E-state index contributed by atoms with van der Waals surface area (Å²) in [4.78, 5) is 11.8. The van der Waals surface area contributed by atoms with Crippen LogP contribution in [0.3, 0.4) is 0 Å². The van der Waals surface area contributed by atoms with Gasteiger partial charge in [-0.15, -0.1) is 0 Å². The standard InChI is InChI=1S/C17H33NO3/c1-5-14(2)10-11-15(3)17(19)21-13-9-7-6-8-12-20-16(4)18/h14-15,18H,5-13H2,1-4H3. The third-order valence-electron chi connectivity index (χ3n) is 3.79. The van der Waals surface area contributed by atoms with Gasteiger partial charge in [0.15, 0.2) is 5.90 Å². The average Bonchev–Trinajstić information content (AvgIpc) is 2.46. The fraction of sp³-hybridized carbons (Fsp3) is 0.882. The van der Waals surface area contributed by atoms with Crippen molar-refractivity contribution in [2.45, 2.75) is 72.6 Å². The van der Waals surface area contributed by atoms with E-state index in [1.165, 1.54) is 6.42 Å². The first-order valence-corrected chi connectivity index (χ1v) is 8.31. The molecule has 0 aliphatic rings. The van der Waals surface area contributed by atoms with Crippen LogP contribution < -0.4 is 0 Å². The Labute approximate surface area is 130 Å². The average molecular weight is 299 g/mol. The van der Waals surface area contributed by atoms with Gasteiger partial charge in [-0.3, -0.25) is 10.2 Å². The largest absolute Gasteiger partial charge is 0.481 e. The van der Waals surface area contributed by atoms with Crippen LogP contribution >= 0.6 is 0 Å². The lowest BCUT2D eigenvalue weighted by atomic mass is 9.96. The van der Waals surface area contributed by atoms with Gasteiger partial charge in [0.2, 0.25) is 0 Å². The lowest BCUT2D eigenvalue weighted by molar-refractivity contribution is -0.148. The number of hydrogen-bond acceptors (Lipinski definition) is 4. The van der Waals surface area contributed by atoms with Crippen molar-refractivity contribution in [2.75, 3.05) is 13.2 Å². The van der Waals surface area contributed by atoms with Crippen molar-refractivity contribution in [3.63, 3.8) is 0 Å². The number of ether oxygens (including phenoxy) is 2. The molecule has 0 aromatic rings. The van der Waals surface area contributed by atoms with Crippen molar-refractivity contribution in [3.05, 3.63) is 0 Å². The SMILES string of the molecule is CCC(C)CCC(C)C(=O)OCCCCCCOC(C)=N. The van der Waals surface area contributed by atoms with Crippen LogP contribution in [0.2, 0.25) is 0 Å². The van der Waals surface area contributed by atoms with E-state index in [4.69, 9.17) is 14.9 Å². The molecule has 0 aliphatic carbocycles. The molecule has 2 unspecified atom stereocenters. The Morgan fingerprint density at radius 1 is 1.00 bits per heavy atom. The molecule has 2 atom stereocenters. The fourth-order valence-electron chi connectivity index (χ4n) is 1.95. The van der Waals surface area contributed by atoms with E-state index in [0.29, 0.717) is 19.1 Å². The zero-order valence-electron chi connectivity index (χ0n) is 14.2. The molecule has 0 aliphatic heterocycles. The third kappa shape index (κ3) is 12.4. The van der Waals surface area contributed by atoms with Gasteiger partial charge >= 0.3 is 5.97 Å². The molecule has 0 bridgehead atoms. The smallest absolute Gasteiger partial charge is 0.308 e. The molecule has 0 heterocycles. The van der Waals surface area contributed by atoms with E-state index in [-0.39, 0.29) is 17.8 Å². The maximum absolute atomic E-state index is 11.8. The van der Waals surface area contributed by atoms with Crippen molar-refractivity contribution in [2.24, 2.45) is 11.8 Å². The van der Waals surface area contributed by atoms with Gasteiger partial charge in [-0.2, -0.15) is 0 Å². The van der Waals surface area contributed by atoms with Crippen LogP contribution in [0.5, 0.6) is 0 Å². The van der Waals surface area contributed by atoms with Crippen LogP contribution in [-0.2, 0) is 14.3 Å². The van der Waals surface area contributed by atoms with E-state index >= 15 is 0 Å². The predicted octanol–water partition coefficient (Wildman–Crippen LogP) is 4.57. The van der Waals surface area contributed by atoms with E-state index < -0.39 is 0 Å². The minimum atomic E-state index is -0.0546. The molecule has 4 heteroatoms.